The van der Waals surface area contributed by atoms with Gasteiger partial charge in [-0.1, -0.05) is 19.8 Å². The highest BCUT2D eigenvalue weighted by atomic mass is 16.5. The van der Waals surface area contributed by atoms with Gasteiger partial charge in [0, 0.05) is 32.2 Å². The molecule has 1 aliphatic rings. The van der Waals surface area contributed by atoms with Crippen LogP contribution >= 0.6 is 0 Å². The van der Waals surface area contributed by atoms with Crippen LogP contribution in [0.25, 0.3) is 0 Å². The Bertz CT molecular complexity index is 635. The van der Waals surface area contributed by atoms with Gasteiger partial charge in [-0.15, -0.1) is 0 Å². The van der Waals surface area contributed by atoms with E-state index in [1.165, 1.54) is 0 Å². The van der Waals surface area contributed by atoms with Crippen molar-refractivity contribution in [2.24, 2.45) is 5.73 Å². The predicted octanol–water partition coefficient (Wildman–Crippen LogP) is 1.51. The minimum atomic E-state index is -0.406. The van der Waals surface area contributed by atoms with Crippen molar-refractivity contribution in [3.8, 4) is 11.5 Å². The number of rotatable bonds is 8. The summed E-state index contributed by atoms with van der Waals surface area (Å²) in [6.07, 6.45) is 2.56. The van der Waals surface area contributed by atoms with Crippen molar-refractivity contribution in [2.75, 3.05) is 40.4 Å². The Kier molecular flexibility index (Phi) is 7.26. The van der Waals surface area contributed by atoms with Crippen LogP contribution in [0.4, 0.5) is 0 Å². The molecule has 0 bridgehead atoms. The molecular formula is C19H29N3O4. The minimum absolute atomic E-state index is 0.00571. The van der Waals surface area contributed by atoms with E-state index >= 15 is 0 Å². The second-order valence-corrected chi connectivity index (χ2v) is 6.42. The summed E-state index contributed by atoms with van der Waals surface area (Å²) in [5.74, 6) is 0.875. The van der Waals surface area contributed by atoms with Gasteiger partial charge in [0.05, 0.1) is 7.11 Å². The normalized spacial score (nSPS) is 17.4. The zero-order valence-corrected chi connectivity index (χ0v) is 15.9. The van der Waals surface area contributed by atoms with E-state index in [9.17, 15) is 9.59 Å². The van der Waals surface area contributed by atoms with Gasteiger partial charge in [-0.05, 0) is 24.6 Å². The molecular weight excluding hydrogens is 334 g/mol. The molecule has 1 saturated heterocycles. The number of amides is 2. The molecule has 2 rings (SSSR count). The monoisotopic (exact) mass is 363 g/mol. The number of carbonyl (C=O) groups excluding carboxylic acids is 2. The third-order valence-corrected chi connectivity index (χ3v) is 4.59. The van der Waals surface area contributed by atoms with Crippen LogP contribution in [-0.4, -0.2) is 68.1 Å². The molecule has 1 heterocycles. The average Bonchev–Trinajstić information content (AvgIpc) is 2.66. The van der Waals surface area contributed by atoms with E-state index in [-0.39, 0.29) is 11.8 Å². The average molecular weight is 363 g/mol. The van der Waals surface area contributed by atoms with Crippen LogP contribution in [0.3, 0.4) is 0 Å². The van der Waals surface area contributed by atoms with Gasteiger partial charge in [-0.3, -0.25) is 9.59 Å². The van der Waals surface area contributed by atoms with Crippen molar-refractivity contribution in [1.82, 2.24) is 9.80 Å². The van der Waals surface area contributed by atoms with Crippen molar-refractivity contribution in [2.45, 2.75) is 32.2 Å². The smallest absolute Gasteiger partial charge is 0.254 e. The maximum absolute atomic E-state index is 13.1. The maximum atomic E-state index is 13.1. The van der Waals surface area contributed by atoms with Gasteiger partial charge >= 0.3 is 0 Å². The SMILES string of the molecule is CCCC[C@@H]1C(=O)N(C)CCN1C(=O)c1ccc(OC)c(OCCN)c1. The second-order valence-electron chi connectivity index (χ2n) is 6.42. The molecule has 0 radical (unpaired) electrons. The summed E-state index contributed by atoms with van der Waals surface area (Å²) >= 11 is 0. The largest absolute Gasteiger partial charge is 0.493 e. The third kappa shape index (κ3) is 4.46. The first kappa shape index (κ1) is 20.0. The number of carbonyl (C=O) groups is 2. The summed E-state index contributed by atoms with van der Waals surface area (Å²) in [6, 6.07) is 4.67. The Hall–Kier alpha value is -2.28. The molecule has 7 heteroatoms. The molecule has 1 aliphatic heterocycles. The minimum Gasteiger partial charge on any atom is -0.493 e. The van der Waals surface area contributed by atoms with Gasteiger partial charge in [0.25, 0.3) is 5.91 Å². The van der Waals surface area contributed by atoms with E-state index in [0.29, 0.717) is 49.7 Å². The third-order valence-electron chi connectivity index (χ3n) is 4.59. The molecule has 144 valence electrons. The molecule has 1 atom stereocenters. The fourth-order valence-corrected chi connectivity index (χ4v) is 3.09. The number of benzene rings is 1. The first-order chi connectivity index (χ1) is 12.5. The van der Waals surface area contributed by atoms with Crippen molar-refractivity contribution < 1.29 is 19.1 Å². The fourth-order valence-electron chi connectivity index (χ4n) is 3.09. The number of hydrogen-bond donors (Lipinski definition) is 1. The Labute approximate surface area is 155 Å². The van der Waals surface area contributed by atoms with E-state index < -0.39 is 6.04 Å². The van der Waals surface area contributed by atoms with Gasteiger partial charge in [0.15, 0.2) is 11.5 Å². The summed E-state index contributed by atoms with van der Waals surface area (Å²) in [7, 11) is 3.33. The topological polar surface area (TPSA) is 85.1 Å². The molecule has 0 spiro atoms. The van der Waals surface area contributed by atoms with E-state index in [1.807, 2.05) is 0 Å². The Morgan fingerprint density at radius 2 is 2.08 bits per heavy atom. The molecule has 7 nitrogen and oxygen atoms in total. The molecule has 0 saturated carbocycles. The van der Waals surface area contributed by atoms with Crippen LogP contribution in [0.2, 0.25) is 0 Å². The van der Waals surface area contributed by atoms with E-state index in [4.69, 9.17) is 15.2 Å². The number of methoxy groups -OCH3 is 1. The fraction of sp³-hybridized carbons (Fsp3) is 0.579. The van der Waals surface area contributed by atoms with Crippen LogP contribution < -0.4 is 15.2 Å². The number of nitrogens with two attached hydrogens (primary N) is 1. The number of ether oxygens (including phenoxy) is 2. The molecule has 0 unspecified atom stereocenters. The summed E-state index contributed by atoms with van der Waals surface area (Å²) in [5.41, 5.74) is 5.98. The van der Waals surface area contributed by atoms with E-state index in [2.05, 4.69) is 6.92 Å². The van der Waals surface area contributed by atoms with Crippen LogP contribution in [0.1, 0.15) is 36.5 Å². The molecule has 0 aromatic heterocycles. The van der Waals surface area contributed by atoms with Gasteiger partial charge in [0.1, 0.15) is 12.6 Å². The van der Waals surface area contributed by atoms with Gasteiger partial charge in [-0.2, -0.15) is 0 Å². The van der Waals surface area contributed by atoms with E-state index in [0.717, 1.165) is 12.8 Å². The molecule has 26 heavy (non-hydrogen) atoms. The van der Waals surface area contributed by atoms with Crippen molar-refractivity contribution in [3.63, 3.8) is 0 Å². The lowest BCUT2D eigenvalue weighted by atomic mass is 10.0. The quantitative estimate of drug-likeness (QED) is 0.757. The lowest BCUT2D eigenvalue weighted by Gasteiger charge is -2.39. The Morgan fingerprint density at radius 1 is 1.31 bits per heavy atom. The van der Waals surface area contributed by atoms with Gasteiger partial charge in [-0.25, -0.2) is 0 Å². The summed E-state index contributed by atoms with van der Waals surface area (Å²) in [6.45, 7) is 3.85. The number of piperazine rings is 1. The molecule has 2 N–H and O–H groups in total. The van der Waals surface area contributed by atoms with Crippen LogP contribution in [0, 0.1) is 0 Å². The Morgan fingerprint density at radius 3 is 2.73 bits per heavy atom. The molecule has 2 amide bonds. The summed E-state index contributed by atoms with van der Waals surface area (Å²) < 4.78 is 10.9. The zero-order valence-electron chi connectivity index (χ0n) is 15.9. The van der Waals surface area contributed by atoms with Crippen molar-refractivity contribution >= 4 is 11.8 Å². The lowest BCUT2D eigenvalue weighted by molar-refractivity contribution is -0.138. The maximum Gasteiger partial charge on any atom is 0.254 e. The molecule has 1 fully saturated rings. The van der Waals surface area contributed by atoms with Crippen LogP contribution in [0.5, 0.6) is 11.5 Å². The summed E-state index contributed by atoms with van der Waals surface area (Å²) in [5, 5.41) is 0. The molecule has 1 aromatic carbocycles. The first-order valence-corrected chi connectivity index (χ1v) is 9.10. The number of hydrogen-bond acceptors (Lipinski definition) is 5. The predicted molar refractivity (Wildman–Crippen MR) is 99.5 cm³/mol. The highest BCUT2D eigenvalue weighted by Crippen LogP contribution is 2.29. The van der Waals surface area contributed by atoms with Crippen LogP contribution in [0.15, 0.2) is 18.2 Å². The lowest BCUT2D eigenvalue weighted by Crippen LogP contribution is -2.57. The molecule has 1 aromatic rings. The second kappa shape index (κ2) is 9.43. The van der Waals surface area contributed by atoms with E-state index in [1.54, 1.807) is 42.2 Å². The highest BCUT2D eigenvalue weighted by Gasteiger charge is 2.35. The Balaban J connectivity index is 2.26. The van der Waals surface area contributed by atoms with Crippen molar-refractivity contribution in [1.29, 1.82) is 0 Å². The standard InChI is InChI=1S/C19H29N3O4/c1-4-5-6-15-19(24)21(2)10-11-22(15)18(23)14-7-8-16(25-3)17(13-14)26-12-9-20/h7-8,13,15H,4-6,9-12,20H2,1-3H3/t15-/m1/s1. The van der Waals surface area contributed by atoms with Gasteiger partial charge in [0.2, 0.25) is 5.91 Å². The number of unbranched alkanes of at least 4 members (excludes halogenated alkanes) is 1. The van der Waals surface area contributed by atoms with Gasteiger partial charge < -0.3 is 25.0 Å². The highest BCUT2D eigenvalue weighted by molar-refractivity contribution is 5.98. The zero-order chi connectivity index (χ0) is 19.1. The number of nitrogens with zero attached hydrogens (tertiary/aromatic N) is 2. The summed E-state index contributed by atoms with van der Waals surface area (Å²) in [4.78, 5) is 29.0. The first-order valence-electron chi connectivity index (χ1n) is 9.10. The molecule has 0 aliphatic carbocycles. The van der Waals surface area contributed by atoms with Crippen LogP contribution in [-0.2, 0) is 4.79 Å². The number of likely N-dealkylation sites (N-methyl/N-ethyl adjacent to an activating group) is 1. The van der Waals surface area contributed by atoms with Crippen molar-refractivity contribution in [3.05, 3.63) is 23.8 Å².